The molecule has 0 aromatic carbocycles. The minimum atomic E-state index is -3.58. The largest absolute Gasteiger partial charge is 0.448 e. The Balaban J connectivity index is 3.28. The normalized spacial score (nSPS) is 12.0. The van der Waals surface area contributed by atoms with Gasteiger partial charge in [-0.1, -0.05) is 0 Å². The van der Waals surface area contributed by atoms with Crippen LogP contribution in [-0.4, -0.2) is 33.1 Å². The maximum Gasteiger partial charge on any atom is 0.275 e. The number of aldehydes is 1. The second-order valence-corrected chi connectivity index (χ2v) is 5.07. The molecule has 0 unspecified atom stereocenters. The molecule has 0 bridgehead atoms. The summed E-state index contributed by atoms with van der Waals surface area (Å²) in [6.45, 7) is 1.54. The Hall–Kier alpha value is -1.14. The molecule has 1 aromatic heterocycles. The molecule has 1 aromatic rings. The van der Waals surface area contributed by atoms with Gasteiger partial charge in [-0.05, 0) is 6.92 Å². The fourth-order valence-electron chi connectivity index (χ4n) is 0.892. The lowest BCUT2D eigenvalue weighted by molar-refractivity contribution is 0.112. The summed E-state index contributed by atoms with van der Waals surface area (Å²) in [5, 5.41) is -0.206. The Morgan fingerprint density at radius 3 is 2.36 bits per heavy atom. The van der Waals surface area contributed by atoms with Crippen molar-refractivity contribution in [3.8, 4) is 0 Å². The van der Waals surface area contributed by atoms with Crippen molar-refractivity contribution >= 4 is 16.3 Å². The van der Waals surface area contributed by atoms with Crippen molar-refractivity contribution in [2.75, 3.05) is 14.1 Å². The van der Waals surface area contributed by atoms with Crippen LogP contribution < -0.4 is 0 Å². The molecule has 0 fully saturated rings. The van der Waals surface area contributed by atoms with Crippen molar-refractivity contribution in [1.82, 2.24) is 4.31 Å². The highest BCUT2D eigenvalue weighted by Gasteiger charge is 2.22. The molecule has 0 aliphatic carbocycles. The monoisotopic (exact) mass is 217 g/mol. The average Bonchev–Trinajstić information content (AvgIpc) is 2.47. The minimum Gasteiger partial charge on any atom is -0.448 e. The molecule has 0 N–H and O–H groups in total. The van der Waals surface area contributed by atoms with Crippen LogP contribution in [0.1, 0.15) is 16.1 Å². The fourth-order valence-corrected chi connectivity index (χ4v) is 1.76. The van der Waals surface area contributed by atoms with E-state index in [4.69, 9.17) is 4.42 Å². The van der Waals surface area contributed by atoms with Crippen LogP contribution in [0, 0.1) is 6.92 Å². The molecular weight excluding hydrogens is 206 g/mol. The smallest absolute Gasteiger partial charge is 0.275 e. The second-order valence-electron chi connectivity index (χ2n) is 2.98. The predicted octanol–water partition coefficient (Wildman–Crippen LogP) is 0.651. The molecule has 78 valence electrons. The first-order valence-corrected chi connectivity index (χ1v) is 5.31. The highest BCUT2D eigenvalue weighted by atomic mass is 32.2. The zero-order valence-corrected chi connectivity index (χ0v) is 8.96. The van der Waals surface area contributed by atoms with Crippen LogP contribution in [-0.2, 0) is 10.0 Å². The van der Waals surface area contributed by atoms with E-state index in [2.05, 4.69) is 0 Å². The van der Waals surface area contributed by atoms with Crippen molar-refractivity contribution in [2.24, 2.45) is 0 Å². The molecule has 14 heavy (non-hydrogen) atoms. The summed E-state index contributed by atoms with van der Waals surface area (Å²) in [5.74, 6) is 0.306. The van der Waals surface area contributed by atoms with Crippen LogP contribution in [0.3, 0.4) is 0 Å². The van der Waals surface area contributed by atoms with Crippen molar-refractivity contribution < 1.29 is 17.6 Å². The lowest BCUT2D eigenvalue weighted by atomic mass is 10.3. The van der Waals surface area contributed by atoms with E-state index < -0.39 is 10.0 Å². The molecular formula is C8H11NO4S. The highest BCUT2D eigenvalue weighted by Crippen LogP contribution is 2.19. The van der Waals surface area contributed by atoms with Gasteiger partial charge in [-0.15, -0.1) is 0 Å². The lowest BCUT2D eigenvalue weighted by Gasteiger charge is -2.07. The summed E-state index contributed by atoms with van der Waals surface area (Å²) in [5.41, 5.74) is 0.255. The molecule has 0 atom stereocenters. The zero-order valence-electron chi connectivity index (χ0n) is 8.14. The van der Waals surface area contributed by atoms with E-state index in [1.807, 2.05) is 0 Å². The SMILES string of the molecule is Cc1oc(S(=O)(=O)N(C)C)cc1C=O. The number of nitrogens with zero attached hydrogens (tertiary/aromatic N) is 1. The molecule has 0 saturated carbocycles. The molecule has 0 radical (unpaired) electrons. The van der Waals surface area contributed by atoms with Crippen LogP contribution in [0.25, 0.3) is 0 Å². The summed E-state index contributed by atoms with van der Waals surface area (Å²) in [6, 6.07) is 1.22. The molecule has 0 aliphatic heterocycles. The third-order valence-electron chi connectivity index (χ3n) is 1.80. The summed E-state index contributed by atoms with van der Waals surface area (Å²) < 4.78 is 29.1. The number of carbonyl (C=O) groups is 1. The molecule has 1 heterocycles. The van der Waals surface area contributed by atoms with E-state index in [0.29, 0.717) is 12.0 Å². The highest BCUT2D eigenvalue weighted by molar-refractivity contribution is 7.88. The fraction of sp³-hybridized carbons (Fsp3) is 0.375. The average molecular weight is 217 g/mol. The van der Waals surface area contributed by atoms with E-state index in [9.17, 15) is 13.2 Å². The number of sulfonamides is 1. The van der Waals surface area contributed by atoms with E-state index in [1.54, 1.807) is 6.92 Å². The molecule has 1 rings (SSSR count). The topological polar surface area (TPSA) is 67.6 Å². The number of aryl methyl sites for hydroxylation is 1. The Morgan fingerprint density at radius 2 is 2.00 bits per heavy atom. The van der Waals surface area contributed by atoms with Crippen molar-refractivity contribution in [3.05, 3.63) is 17.4 Å². The van der Waals surface area contributed by atoms with Gasteiger partial charge in [0, 0.05) is 20.2 Å². The van der Waals surface area contributed by atoms with Crippen molar-refractivity contribution in [2.45, 2.75) is 12.0 Å². The van der Waals surface area contributed by atoms with Crippen LogP contribution >= 0.6 is 0 Å². The molecule has 0 amide bonds. The van der Waals surface area contributed by atoms with Gasteiger partial charge in [-0.3, -0.25) is 4.79 Å². The van der Waals surface area contributed by atoms with Crippen molar-refractivity contribution in [3.63, 3.8) is 0 Å². The molecule has 0 saturated heterocycles. The van der Waals surface area contributed by atoms with Gasteiger partial charge in [0.2, 0.25) is 5.09 Å². The Bertz CT molecular complexity index is 444. The van der Waals surface area contributed by atoms with Crippen LogP contribution in [0.5, 0.6) is 0 Å². The van der Waals surface area contributed by atoms with Gasteiger partial charge in [-0.25, -0.2) is 12.7 Å². The zero-order chi connectivity index (χ0) is 10.9. The maximum atomic E-state index is 11.5. The summed E-state index contributed by atoms with van der Waals surface area (Å²) in [4.78, 5) is 10.5. The van der Waals surface area contributed by atoms with E-state index in [1.165, 1.54) is 20.2 Å². The third-order valence-corrected chi connectivity index (χ3v) is 3.47. The number of hydrogen-bond acceptors (Lipinski definition) is 4. The van der Waals surface area contributed by atoms with Gasteiger partial charge >= 0.3 is 0 Å². The van der Waals surface area contributed by atoms with Gasteiger partial charge in [0.15, 0.2) is 6.29 Å². The van der Waals surface area contributed by atoms with Gasteiger partial charge in [-0.2, -0.15) is 0 Å². The Kier molecular flexibility index (Phi) is 2.77. The van der Waals surface area contributed by atoms with Crippen LogP contribution in [0.2, 0.25) is 0 Å². The van der Waals surface area contributed by atoms with Gasteiger partial charge in [0.05, 0.1) is 5.56 Å². The van der Waals surface area contributed by atoms with Gasteiger partial charge in [0.25, 0.3) is 10.0 Å². The summed E-state index contributed by atoms with van der Waals surface area (Å²) >= 11 is 0. The Labute approximate surface area is 82.4 Å². The van der Waals surface area contributed by atoms with Gasteiger partial charge in [0.1, 0.15) is 5.76 Å². The Morgan fingerprint density at radius 1 is 1.43 bits per heavy atom. The van der Waals surface area contributed by atoms with Gasteiger partial charge < -0.3 is 4.42 Å². The maximum absolute atomic E-state index is 11.5. The number of hydrogen-bond donors (Lipinski definition) is 0. The van der Waals surface area contributed by atoms with Crippen LogP contribution in [0.15, 0.2) is 15.6 Å². The lowest BCUT2D eigenvalue weighted by Crippen LogP contribution is -2.21. The predicted molar refractivity (Wildman–Crippen MR) is 49.7 cm³/mol. The summed E-state index contributed by atoms with van der Waals surface area (Å²) in [6.07, 6.45) is 0.563. The standard InChI is InChI=1S/C8H11NO4S/c1-6-7(5-10)4-8(13-6)14(11,12)9(2)3/h4-5H,1-3H3. The third kappa shape index (κ3) is 1.71. The minimum absolute atomic E-state index is 0.206. The first-order chi connectivity index (χ1) is 6.39. The molecule has 5 nitrogen and oxygen atoms in total. The first kappa shape index (κ1) is 10.9. The van der Waals surface area contributed by atoms with E-state index in [0.717, 1.165) is 4.31 Å². The number of carbonyl (C=O) groups excluding carboxylic acids is 1. The molecule has 0 aliphatic rings. The van der Waals surface area contributed by atoms with E-state index >= 15 is 0 Å². The van der Waals surface area contributed by atoms with Crippen molar-refractivity contribution in [1.29, 1.82) is 0 Å². The summed E-state index contributed by atoms with van der Waals surface area (Å²) in [7, 11) is -0.788. The molecule has 0 spiro atoms. The van der Waals surface area contributed by atoms with E-state index in [-0.39, 0.29) is 10.7 Å². The molecule has 6 heteroatoms. The number of rotatable bonds is 3. The van der Waals surface area contributed by atoms with Crippen LogP contribution in [0.4, 0.5) is 0 Å². The quantitative estimate of drug-likeness (QED) is 0.697. The first-order valence-electron chi connectivity index (χ1n) is 3.87. The second kappa shape index (κ2) is 3.55. The number of furan rings is 1.